The van der Waals surface area contributed by atoms with Crippen LogP contribution in [0.5, 0.6) is 0 Å². The van der Waals surface area contributed by atoms with Crippen molar-refractivity contribution in [2.75, 3.05) is 25.1 Å². The zero-order valence-electron chi connectivity index (χ0n) is 10.8. The van der Waals surface area contributed by atoms with E-state index in [9.17, 15) is 14.9 Å². The Morgan fingerprint density at radius 3 is 2.68 bits per heavy atom. The van der Waals surface area contributed by atoms with Crippen LogP contribution in [0.25, 0.3) is 0 Å². The molecule has 0 unspecified atom stereocenters. The zero-order chi connectivity index (χ0) is 14.4. The normalized spacial score (nSPS) is 10.1. The van der Waals surface area contributed by atoms with Gasteiger partial charge in [-0.3, -0.25) is 14.9 Å². The molecule has 1 aromatic rings. The lowest BCUT2D eigenvalue weighted by Gasteiger charge is -2.23. The summed E-state index contributed by atoms with van der Waals surface area (Å²) >= 11 is 2.06. The van der Waals surface area contributed by atoms with Crippen LogP contribution in [0.15, 0.2) is 18.2 Å². The molecule has 0 aliphatic carbocycles. The van der Waals surface area contributed by atoms with Crippen LogP contribution in [0.1, 0.15) is 13.3 Å². The van der Waals surface area contributed by atoms with Gasteiger partial charge in [-0.05, 0) is 35.6 Å². The summed E-state index contributed by atoms with van der Waals surface area (Å²) in [7, 11) is 1.36. The molecule has 0 saturated carbocycles. The number of carbonyl (C=O) groups excluding carboxylic acids is 1. The number of rotatable bonds is 6. The molecule has 0 aromatic heterocycles. The lowest BCUT2D eigenvalue weighted by Crippen LogP contribution is -2.26. The van der Waals surface area contributed by atoms with Gasteiger partial charge in [-0.15, -0.1) is 0 Å². The highest BCUT2D eigenvalue weighted by Crippen LogP contribution is 2.27. The molecule has 0 radical (unpaired) electrons. The predicted octanol–water partition coefficient (Wildman–Crippen LogP) is 2.59. The van der Waals surface area contributed by atoms with Gasteiger partial charge in [0.05, 0.1) is 24.1 Å². The standard InChI is InChI=1S/C12H15IN2O4/c1-3-14(7-6-12(16)19-2)11-5-4-9(15(17)18)8-10(11)13/h4-5,8H,3,6-7H2,1-2H3. The molecule has 1 aromatic carbocycles. The van der Waals surface area contributed by atoms with E-state index in [1.807, 2.05) is 11.8 Å². The van der Waals surface area contributed by atoms with Crippen molar-refractivity contribution in [3.63, 3.8) is 0 Å². The lowest BCUT2D eigenvalue weighted by atomic mass is 10.2. The van der Waals surface area contributed by atoms with E-state index in [0.717, 1.165) is 9.26 Å². The fourth-order valence-corrected chi connectivity index (χ4v) is 2.48. The van der Waals surface area contributed by atoms with E-state index in [-0.39, 0.29) is 18.1 Å². The number of hydrogen-bond acceptors (Lipinski definition) is 5. The second kappa shape index (κ2) is 7.27. The van der Waals surface area contributed by atoms with Crippen molar-refractivity contribution in [2.24, 2.45) is 0 Å². The van der Waals surface area contributed by atoms with E-state index in [1.54, 1.807) is 6.07 Å². The Bertz CT molecular complexity index is 479. The minimum Gasteiger partial charge on any atom is -0.469 e. The minimum atomic E-state index is -0.420. The van der Waals surface area contributed by atoms with Crippen molar-refractivity contribution < 1.29 is 14.5 Å². The van der Waals surface area contributed by atoms with Crippen molar-refractivity contribution in [1.82, 2.24) is 0 Å². The monoisotopic (exact) mass is 378 g/mol. The van der Waals surface area contributed by atoms with Crippen LogP contribution in [0, 0.1) is 13.7 Å². The number of anilines is 1. The molecule has 0 aliphatic heterocycles. The molecule has 0 fully saturated rings. The van der Waals surface area contributed by atoms with Gasteiger partial charge in [0.15, 0.2) is 0 Å². The number of non-ortho nitro benzene ring substituents is 1. The Labute approximate surface area is 125 Å². The fourth-order valence-electron chi connectivity index (χ4n) is 1.64. The van der Waals surface area contributed by atoms with Gasteiger partial charge in [-0.1, -0.05) is 0 Å². The van der Waals surface area contributed by atoms with E-state index in [4.69, 9.17) is 0 Å². The second-order valence-electron chi connectivity index (χ2n) is 3.80. The van der Waals surface area contributed by atoms with E-state index in [0.29, 0.717) is 13.1 Å². The molecule has 6 nitrogen and oxygen atoms in total. The number of nitrogens with zero attached hydrogens (tertiary/aromatic N) is 2. The number of benzene rings is 1. The number of nitro groups is 1. The van der Waals surface area contributed by atoms with Gasteiger partial charge in [-0.25, -0.2) is 0 Å². The first-order chi connectivity index (χ1) is 8.99. The lowest BCUT2D eigenvalue weighted by molar-refractivity contribution is -0.384. The molecular weight excluding hydrogens is 363 g/mol. The summed E-state index contributed by atoms with van der Waals surface area (Å²) in [6, 6.07) is 4.70. The summed E-state index contributed by atoms with van der Waals surface area (Å²) in [5.74, 6) is -0.268. The van der Waals surface area contributed by atoms with Gasteiger partial charge in [0.25, 0.3) is 5.69 Å². The predicted molar refractivity (Wildman–Crippen MR) is 80.3 cm³/mol. The highest BCUT2D eigenvalue weighted by atomic mass is 127. The molecule has 19 heavy (non-hydrogen) atoms. The van der Waals surface area contributed by atoms with Crippen molar-refractivity contribution in [3.8, 4) is 0 Å². The molecule has 0 heterocycles. The van der Waals surface area contributed by atoms with Gasteiger partial charge in [-0.2, -0.15) is 0 Å². The third-order valence-corrected chi connectivity index (χ3v) is 3.54. The SMILES string of the molecule is CCN(CCC(=O)OC)c1ccc([N+](=O)[O-])cc1I. The average Bonchev–Trinajstić information content (AvgIpc) is 2.40. The van der Waals surface area contributed by atoms with Crippen molar-refractivity contribution in [1.29, 1.82) is 0 Å². The van der Waals surface area contributed by atoms with Gasteiger partial charge in [0.1, 0.15) is 0 Å². The molecule has 7 heteroatoms. The third kappa shape index (κ3) is 4.34. The first kappa shape index (κ1) is 15.7. The molecule has 0 aliphatic rings. The topological polar surface area (TPSA) is 72.7 Å². The molecule has 0 atom stereocenters. The molecule has 0 amide bonds. The number of ether oxygens (including phenoxy) is 1. The van der Waals surface area contributed by atoms with Crippen LogP contribution in [0.2, 0.25) is 0 Å². The Morgan fingerprint density at radius 1 is 1.53 bits per heavy atom. The van der Waals surface area contributed by atoms with Crippen LogP contribution in [-0.4, -0.2) is 31.1 Å². The molecule has 104 valence electrons. The highest BCUT2D eigenvalue weighted by molar-refractivity contribution is 14.1. The summed E-state index contributed by atoms with van der Waals surface area (Å²) in [4.78, 5) is 23.4. The number of esters is 1. The Kier molecular flexibility index (Phi) is 6.00. The molecule has 0 N–H and O–H groups in total. The first-order valence-corrected chi connectivity index (χ1v) is 6.83. The number of hydrogen-bond donors (Lipinski definition) is 0. The van der Waals surface area contributed by atoms with Crippen molar-refractivity contribution in [3.05, 3.63) is 31.9 Å². The van der Waals surface area contributed by atoms with Crippen LogP contribution in [0.3, 0.4) is 0 Å². The van der Waals surface area contributed by atoms with Crippen LogP contribution in [0.4, 0.5) is 11.4 Å². The number of carbonyl (C=O) groups is 1. The van der Waals surface area contributed by atoms with Gasteiger partial charge < -0.3 is 9.64 Å². The van der Waals surface area contributed by atoms with Gasteiger partial charge in [0, 0.05) is 28.8 Å². The smallest absolute Gasteiger partial charge is 0.307 e. The zero-order valence-corrected chi connectivity index (χ0v) is 12.9. The number of nitro benzene ring substituents is 1. The van der Waals surface area contributed by atoms with Crippen molar-refractivity contribution in [2.45, 2.75) is 13.3 Å². The summed E-state index contributed by atoms with van der Waals surface area (Å²) in [6.07, 6.45) is 0.289. The van der Waals surface area contributed by atoms with E-state index in [1.165, 1.54) is 19.2 Å². The van der Waals surface area contributed by atoms with Crippen LogP contribution >= 0.6 is 22.6 Å². The largest absolute Gasteiger partial charge is 0.469 e. The Hall–Kier alpha value is -1.38. The van der Waals surface area contributed by atoms with Crippen molar-refractivity contribution >= 4 is 39.9 Å². The van der Waals surface area contributed by atoms with E-state index in [2.05, 4.69) is 27.3 Å². The summed E-state index contributed by atoms with van der Waals surface area (Å²) < 4.78 is 5.40. The summed E-state index contributed by atoms with van der Waals surface area (Å²) in [5, 5.41) is 10.7. The van der Waals surface area contributed by atoms with Crippen LogP contribution < -0.4 is 4.90 Å². The quantitative estimate of drug-likeness (QED) is 0.329. The number of methoxy groups -OCH3 is 1. The summed E-state index contributed by atoms with van der Waals surface area (Å²) in [6.45, 7) is 3.20. The molecule has 0 spiro atoms. The van der Waals surface area contributed by atoms with E-state index >= 15 is 0 Å². The molecule has 0 bridgehead atoms. The minimum absolute atomic E-state index is 0.0668. The third-order valence-electron chi connectivity index (χ3n) is 2.68. The van der Waals surface area contributed by atoms with Gasteiger partial charge >= 0.3 is 5.97 Å². The maximum Gasteiger partial charge on any atom is 0.307 e. The van der Waals surface area contributed by atoms with E-state index < -0.39 is 4.92 Å². The number of halogens is 1. The molecular formula is C12H15IN2O4. The molecule has 0 saturated heterocycles. The maximum atomic E-state index is 11.2. The average molecular weight is 378 g/mol. The maximum absolute atomic E-state index is 11.2. The summed E-state index contributed by atoms with van der Waals surface area (Å²) in [5.41, 5.74) is 0.953. The second-order valence-corrected chi connectivity index (χ2v) is 4.96. The van der Waals surface area contributed by atoms with Gasteiger partial charge in [0.2, 0.25) is 0 Å². The Morgan fingerprint density at radius 2 is 2.21 bits per heavy atom. The fraction of sp³-hybridized carbons (Fsp3) is 0.417. The molecule has 1 rings (SSSR count). The highest BCUT2D eigenvalue weighted by Gasteiger charge is 2.14. The van der Waals surface area contributed by atoms with Crippen LogP contribution in [-0.2, 0) is 9.53 Å². The Balaban J connectivity index is 2.86. The first-order valence-electron chi connectivity index (χ1n) is 5.75.